The Kier molecular flexibility index (Phi) is 3.71. The van der Waals surface area contributed by atoms with Crippen LogP contribution < -0.4 is 10.5 Å². The third-order valence-electron chi connectivity index (χ3n) is 2.51. The van der Waals surface area contributed by atoms with Gasteiger partial charge >= 0.3 is 0 Å². The van der Waals surface area contributed by atoms with Crippen molar-refractivity contribution in [2.45, 2.75) is 6.61 Å². The Morgan fingerprint density at radius 3 is 2.67 bits per heavy atom. The molecule has 0 aromatic heterocycles. The normalized spacial score (nSPS) is 9.78. The molecular weight excluding hydrogens is 248 g/mol. The highest BCUT2D eigenvalue weighted by atomic mass is 35.5. The maximum absolute atomic E-state index is 9.04. The summed E-state index contributed by atoms with van der Waals surface area (Å²) in [5.74, 6) is 0.588. The Morgan fingerprint density at radius 2 is 1.94 bits per heavy atom. The maximum atomic E-state index is 9.04. The topological polar surface area (TPSA) is 59.0 Å². The molecular formula is C14H11ClN2O. The Bertz CT molecular complexity index is 605. The molecule has 0 saturated heterocycles. The van der Waals surface area contributed by atoms with Crippen molar-refractivity contribution in [1.29, 1.82) is 5.26 Å². The van der Waals surface area contributed by atoms with E-state index in [1.54, 1.807) is 24.3 Å². The number of rotatable bonds is 3. The molecule has 2 N–H and O–H groups in total. The fraction of sp³-hybridized carbons (Fsp3) is 0.0714. The van der Waals surface area contributed by atoms with E-state index in [9.17, 15) is 0 Å². The Labute approximate surface area is 110 Å². The van der Waals surface area contributed by atoms with Crippen molar-refractivity contribution >= 4 is 17.3 Å². The minimum Gasteiger partial charge on any atom is -0.487 e. The summed E-state index contributed by atoms with van der Waals surface area (Å²) in [5, 5.41) is 9.58. The predicted octanol–water partition coefficient (Wildman–Crippen LogP) is 3.37. The lowest BCUT2D eigenvalue weighted by Gasteiger charge is -2.09. The zero-order valence-corrected chi connectivity index (χ0v) is 10.3. The number of nitrogens with zero attached hydrogens (tertiary/aromatic N) is 1. The number of hydrogen-bond donors (Lipinski definition) is 1. The molecule has 2 rings (SSSR count). The average Bonchev–Trinajstić information content (AvgIpc) is 2.38. The molecule has 0 heterocycles. The summed E-state index contributed by atoms with van der Waals surface area (Å²) in [6.07, 6.45) is 0. The molecule has 4 heteroatoms. The van der Waals surface area contributed by atoms with Gasteiger partial charge in [0.1, 0.15) is 18.4 Å². The van der Waals surface area contributed by atoms with Crippen LogP contribution in [-0.4, -0.2) is 0 Å². The average molecular weight is 259 g/mol. The van der Waals surface area contributed by atoms with Gasteiger partial charge < -0.3 is 10.5 Å². The first kappa shape index (κ1) is 12.3. The third kappa shape index (κ3) is 2.55. The quantitative estimate of drug-likeness (QED) is 0.859. The van der Waals surface area contributed by atoms with Gasteiger partial charge in [0.15, 0.2) is 0 Å². The molecule has 18 heavy (non-hydrogen) atoms. The first-order chi connectivity index (χ1) is 8.72. The molecule has 3 nitrogen and oxygen atoms in total. The summed E-state index contributed by atoms with van der Waals surface area (Å²) in [4.78, 5) is 0. The van der Waals surface area contributed by atoms with Gasteiger partial charge in [0, 0.05) is 11.3 Å². The highest BCUT2D eigenvalue weighted by Gasteiger charge is 2.07. The highest BCUT2D eigenvalue weighted by molar-refractivity contribution is 6.32. The molecule has 0 amide bonds. The van der Waals surface area contributed by atoms with Crippen molar-refractivity contribution < 1.29 is 4.74 Å². The summed E-state index contributed by atoms with van der Waals surface area (Å²) in [7, 11) is 0. The molecule has 2 aromatic rings. The minimum absolute atomic E-state index is 0.262. The number of nitrogens with two attached hydrogens (primary N) is 1. The molecule has 0 unspecified atom stereocenters. The fourth-order valence-corrected chi connectivity index (χ4v) is 1.78. The van der Waals surface area contributed by atoms with Gasteiger partial charge in [-0.2, -0.15) is 5.26 Å². The van der Waals surface area contributed by atoms with Crippen LogP contribution >= 0.6 is 11.6 Å². The van der Waals surface area contributed by atoms with Gasteiger partial charge in [0.25, 0.3) is 0 Å². The number of benzene rings is 2. The number of hydrogen-bond acceptors (Lipinski definition) is 3. The second kappa shape index (κ2) is 5.44. The van der Waals surface area contributed by atoms with Crippen LogP contribution in [0.25, 0.3) is 0 Å². The van der Waals surface area contributed by atoms with Crippen LogP contribution in [0.3, 0.4) is 0 Å². The number of halogens is 1. The van der Waals surface area contributed by atoms with Crippen molar-refractivity contribution in [3.8, 4) is 11.8 Å². The molecule has 0 aliphatic heterocycles. The summed E-state index contributed by atoms with van der Waals surface area (Å²) in [6, 6.07) is 14.6. The lowest BCUT2D eigenvalue weighted by molar-refractivity contribution is 0.306. The van der Waals surface area contributed by atoms with E-state index in [1.807, 2.05) is 18.2 Å². The van der Waals surface area contributed by atoms with Crippen molar-refractivity contribution in [2.75, 3.05) is 5.73 Å². The molecule has 0 spiro atoms. The van der Waals surface area contributed by atoms with E-state index in [4.69, 9.17) is 27.3 Å². The second-order valence-electron chi connectivity index (χ2n) is 3.71. The van der Waals surface area contributed by atoms with Crippen molar-refractivity contribution in [3.63, 3.8) is 0 Å². The van der Waals surface area contributed by atoms with Gasteiger partial charge in [-0.3, -0.25) is 0 Å². The van der Waals surface area contributed by atoms with E-state index in [1.165, 1.54) is 0 Å². The maximum Gasteiger partial charge on any atom is 0.138 e. The van der Waals surface area contributed by atoms with E-state index >= 15 is 0 Å². The summed E-state index contributed by atoms with van der Waals surface area (Å²) >= 11 is 5.98. The first-order valence-electron chi connectivity index (χ1n) is 5.37. The van der Waals surface area contributed by atoms with Crippen LogP contribution in [0.5, 0.6) is 5.75 Å². The standard InChI is InChI=1S/C14H11ClN2O/c15-12-5-1-2-7-14(12)18-9-10-4-3-6-13(17)11(10)8-16/h1-7H,9,17H2. The summed E-state index contributed by atoms with van der Waals surface area (Å²) in [6.45, 7) is 0.262. The third-order valence-corrected chi connectivity index (χ3v) is 2.83. The minimum atomic E-state index is 0.262. The van der Waals surface area contributed by atoms with E-state index in [0.717, 1.165) is 5.56 Å². The van der Waals surface area contributed by atoms with Crippen molar-refractivity contribution in [3.05, 3.63) is 58.6 Å². The number of nitrogen functional groups attached to an aromatic ring is 1. The number of anilines is 1. The van der Waals surface area contributed by atoms with E-state index in [0.29, 0.717) is 22.0 Å². The second-order valence-corrected chi connectivity index (χ2v) is 4.12. The lowest BCUT2D eigenvalue weighted by Crippen LogP contribution is -2.01. The van der Waals surface area contributed by atoms with Crippen LogP contribution in [0.2, 0.25) is 5.02 Å². The molecule has 0 bridgehead atoms. The smallest absolute Gasteiger partial charge is 0.138 e. The highest BCUT2D eigenvalue weighted by Crippen LogP contribution is 2.25. The van der Waals surface area contributed by atoms with Crippen molar-refractivity contribution in [2.24, 2.45) is 0 Å². The number of ether oxygens (including phenoxy) is 1. The van der Waals surface area contributed by atoms with Gasteiger partial charge in [-0.25, -0.2) is 0 Å². The Balaban J connectivity index is 2.19. The van der Waals surface area contributed by atoms with E-state index in [2.05, 4.69) is 6.07 Å². The molecule has 2 aromatic carbocycles. The number of nitriles is 1. The van der Waals surface area contributed by atoms with Crippen molar-refractivity contribution in [1.82, 2.24) is 0 Å². The van der Waals surface area contributed by atoms with Gasteiger partial charge in [0.2, 0.25) is 0 Å². The molecule has 0 atom stereocenters. The molecule has 0 saturated carbocycles. The molecule has 90 valence electrons. The van der Waals surface area contributed by atoms with E-state index in [-0.39, 0.29) is 6.61 Å². The SMILES string of the molecule is N#Cc1c(N)cccc1COc1ccccc1Cl. The van der Waals surface area contributed by atoms with Crippen LogP contribution in [0.15, 0.2) is 42.5 Å². The molecule has 0 aliphatic carbocycles. The van der Waals surface area contributed by atoms with Gasteiger partial charge in [0.05, 0.1) is 10.6 Å². The van der Waals surface area contributed by atoms with Gasteiger partial charge in [-0.1, -0.05) is 35.9 Å². The monoisotopic (exact) mass is 258 g/mol. The molecule has 0 fully saturated rings. The predicted molar refractivity (Wildman–Crippen MR) is 71.4 cm³/mol. The number of para-hydroxylation sites is 1. The van der Waals surface area contributed by atoms with Gasteiger partial charge in [-0.15, -0.1) is 0 Å². The Morgan fingerprint density at radius 1 is 1.17 bits per heavy atom. The summed E-state index contributed by atoms with van der Waals surface area (Å²) in [5.41, 5.74) is 7.38. The fourth-order valence-electron chi connectivity index (χ4n) is 1.59. The lowest BCUT2D eigenvalue weighted by atomic mass is 10.1. The van der Waals surface area contributed by atoms with E-state index < -0.39 is 0 Å². The van der Waals surface area contributed by atoms with Crippen LogP contribution in [-0.2, 0) is 6.61 Å². The zero-order chi connectivity index (χ0) is 13.0. The van der Waals surface area contributed by atoms with Crippen LogP contribution in [0.4, 0.5) is 5.69 Å². The summed E-state index contributed by atoms with van der Waals surface area (Å²) < 4.78 is 5.58. The van der Waals surface area contributed by atoms with Gasteiger partial charge in [-0.05, 0) is 18.2 Å². The Hall–Kier alpha value is -2.18. The molecule has 0 radical (unpaired) electrons. The molecule has 0 aliphatic rings. The van der Waals surface area contributed by atoms with Crippen LogP contribution in [0.1, 0.15) is 11.1 Å². The first-order valence-corrected chi connectivity index (χ1v) is 5.75. The largest absolute Gasteiger partial charge is 0.487 e. The van der Waals surface area contributed by atoms with Crippen LogP contribution in [0, 0.1) is 11.3 Å². The zero-order valence-electron chi connectivity index (χ0n) is 9.56.